The first-order valence-corrected chi connectivity index (χ1v) is 7.59. The van der Waals surface area contributed by atoms with E-state index in [9.17, 15) is 0 Å². The van der Waals surface area contributed by atoms with Gasteiger partial charge in [-0.2, -0.15) is 0 Å². The van der Waals surface area contributed by atoms with Gasteiger partial charge >= 0.3 is 0 Å². The zero-order chi connectivity index (χ0) is 13.9. The fraction of sp³-hybridized carbons (Fsp3) is 0.368. The van der Waals surface area contributed by atoms with E-state index in [-0.39, 0.29) is 0 Å². The molecule has 0 bridgehead atoms. The lowest BCUT2D eigenvalue weighted by Gasteiger charge is -2.26. The maximum atomic E-state index is 3.75. The van der Waals surface area contributed by atoms with Crippen LogP contribution in [0.2, 0.25) is 0 Å². The number of rotatable bonds is 3. The molecule has 0 heterocycles. The predicted octanol–water partition coefficient (Wildman–Crippen LogP) is 3.95. The number of aryl methyl sites for hydroxylation is 2. The second-order valence-electron chi connectivity index (χ2n) is 5.95. The molecule has 0 fully saturated rings. The van der Waals surface area contributed by atoms with Gasteiger partial charge in [-0.1, -0.05) is 42.5 Å². The fourth-order valence-electron chi connectivity index (χ4n) is 3.13. The van der Waals surface area contributed by atoms with Gasteiger partial charge in [0.05, 0.1) is 0 Å². The third kappa shape index (κ3) is 2.78. The fourth-order valence-corrected chi connectivity index (χ4v) is 3.13. The molecule has 1 nitrogen and oxygen atoms in total. The van der Waals surface area contributed by atoms with Crippen LogP contribution in [0.25, 0.3) is 0 Å². The van der Waals surface area contributed by atoms with Gasteiger partial charge < -0.3 is 5.32 Å². The van der Waals surface area contributed by atoms with Crippen LogP contribution in [0.4, 0.5) is 0 Å². The highest BCUT2D eigenvalue weighted by atomic mass is 14.9. The van der Waals surface area contributed by atoms with E-state index in [1.165, 1.54) is 47.1 Å². The van der Waals surface area contributed by atoms with Crippen molar-refractivity contribution in [2.75, 3.05) is 0 Å². The van der Waals surface area contributed by atoms with Crippen molar-refractivity contribution in [1.29, 1.82) is 0 Å². The molecular weight excluding hydrogens is 242 g/mol. The first-order chi connectivity index (χ1) is 9.74. The van der Waals surface area contributed by atoms with Gasteiger partial charge in [-0.3, -0.25) is 0 Å². The lowest BCUT2D eigenvalue weighted by molar-refractivity contribution is 0.457. The Bertz CT molecular complexity index is 600. The first kappa shape index (κ1) is 13.4. The Balaban J connectivity index is 1.64. The van der Waals surface area contributed by atoms with Crippen LogP contribution in [0.3, 0.4) is 0 Å². The van der Waals surface area contributed by atoms with Gasteiger partial charge in [-0.05, 0) is 60.9 Å². The molecule has 0 saturated carbocycles. The molecule has 1 aliphatic carbocycles. The predicted molar refractivity (Wildman–Crippen MR) is 85.0 cm³/mol. The van der Waals surface area contributed by atoms with Gasteiger partial charge in [0.1, 0.15) is 0 Å². The molecule has 2 aromatic carbocycles. The van der Waals surface area contributed by atoms with Crippen molar-refractivity contribution in [2.45, 2.75) is 45.7 Å². The molecule has 1 N–H and O–H groups in total. The molecule has 2 aromatic rings. The maximum Gasteiger partial charge on any atom is 0.0210 e. The summed E-state index contributed by atoms with van der Waals surface area (Å²) in [6.45, 7) is 5.40. The number of fused-ring (bicyclic) bond motifs is 1. The Kier molecular flexibility index (Phi) is 3.88. The SMILES string of the molecule is Cc1cccc(CNC2CCc3ccccc3C2)c1C. The Morgan fingerprint density at radius 2 is 1.80 bits per heavy atom. The molecule has 0 aromatic heterocycles. The molecule has 0 saturated heterocycles. The summed E-state index contributed by atoms with van der Waals surface area (Å²) in [5.74, 6) is 0. The minimum absolute atomic E-state index is 0.616. The summed E-state index contributed by atoms with van der Waals surface area (Å²) in [7, 11) is 0. The lowest BCUT2D eigenvalue weighted by Crippen LogP contribution is -2.34. The molecule has 1 heteroatoms. The van der Waals surface area contributed by atoms with Gasteiger partial charge in [0.2, 0.25) is 0 Å². The van der Waals surface area contributed by atoms with Crippen molar-refractivity contribution in [3.8, 4) is 0 Å². The second kappa shape index (κ2) is 5.80. The van der Waals surface area contributed by atoms with Gasteiger partial charge in [0.15, 0.2) is 0 Å². The molecule has 0 aliphatic heterocycles. The summed E-state index contributed by atoms with van der Waals surface area (Å²) in [4.78, 5) is 0. The lowest BCUT2D eigenvalue weighted by atomic mass is 9.88. The van der Waals surface area contributed by atoms with E-state index in [4.69, 9.17) is 0 Å². The minimum Gasteiger partial charge on any atom is -0.310 e. The monoisotopic (exact) mass is 265 g/mol. The van der Waals surface area contributed by atoms with E-state index in [0.29, 0.717) is 6.04 Å². The summed E-state index contributed by atoms with van der Waals surface area (Å²) in [6, 6.07) is 16.1. The molecule has 1 atom stereocenters. The topological polar surface area (TPSA) is 12.0 Å². The summed E-state index contributed by atoms with van der Waals surface area (Å²) in [5.41, 5.74) is 7.31. The third-order valence-corrected chi connectivity index (χ3v) is 4.64. The number of hydrogen-bond acceptors (Lipinski definition) is 1. The van der Waals surface area contributed by atoms with Crippen LogP contribution in [-0.4, -0.2) is 6.04 Å². The van der Waals surface area contributed by atoms with Crippen LogP contribution < -0.4 is 5.32 Å². The van der Waals surface area contributed by atoms with Crippen LogP contribution in [0.1, 0.15) is 34.2 Å². The van der Waals surface area contributed by atoms with Crippen LogP contribution in [-0.2, 0) is 19.4 Å². The molecular formula is C19H23N. The van der Waals surface area contributed by atoms with Crippen molar-refractivity contribution in [1.82, 2.24) is 5.32 Å². The Hall–Kier alpha value is -1.60. The van der Waals surface area contributed by atoms with Gasteiger partial charge in [0.25, 0.3) is 0 Å². The van der Waals surface area contributed by atoms with Crippen molar-refractivity contribution >= 4 is 0 Å². The van der Waals surface area contributed by atoms with E-state index in [1.807, 2.05) is 0 Å². The average molecular weight is 265 g/mol. The van der Waals surface area contributed by atoms with Crippen molar-refractivity contribution < 1.29 is 0 Å². The van der Waals surface area contributed by atoms with E-state index in [2.05, 4.69) is 61.6 Å². The van der Waals surface area contributed by atoms with Crippen molar-refractivity contribution in [3.05, 3.63) is 70.3 Å². The van der Waals surface area contributed by atoms with Crippen molar-refractivity contribution in [2.24, 2.45) is 0 Å². The minimum atomic E-state index is 0.616. The number of nitrogens with one attached hydrogen (secondary N) is 1. The normalized spacial score (nSPS) is 17.8. The van der Waals surface area contributed by atoms with Crippen LogP contribution in [0.15, 0.2) is 42.5 Å². The zero-order valence-electron chi connectivity index (χ0n) is 12.4. The van der Waals surface area contributed by atoms with E-state index >= 15 is 0 Å². The third-order valence-electron chi connectivity index (χ3n) is 4.64. The Labute approximate surface area is 122 Å². The van der Waals surface area contributed by atoms with Crippen LogP contribution in [0, 0.1) is 13.8 Å². The van der Waals surface area contributed by atoms with Gasteiger partial charge in [-0.15, -0.1) is 0 Å². The number of benzene rings is 2. The van der Waals surface area contributed by atoms with E-state index in [1.54, 1.807) is 0 Å². The smallest absolute Gasteiger partial charge is 0.0210 e. The highest BCUT2D eigenvalue weighted by Crippen LogP contribution is 2.21. The highest BCUT2D eigenvalue weighted by Gasteiger charge is 2.17. The van der Waals surface area contributed by atoms with Crippen LogP contribution >= 0.6 is 0 Å². The highest BCUT2D eigenvalue weighted by molar-refractivity contribution is 5.33. The molecule has 1 unspecified atom stereocenters. The first-order valence-electron chi connectivity index (χ1n) is 7.59. The van der Waals surface area contributed by atoms with Crippen LogP contribution in [0.5, 0.6) is 0 Å². The van der Waals surface area contributed by atoms with Gasteiger partial charge in [-0.25, -0.2) is 0 Å². The molecule has 0 spiro atoms. The molecule has 104 valence electrons. The average Bonchev–Trinajstić information content (AvgIpc) is 2.48. The Morgan fingerprint density at radius 1 is 1.00 bits per heavy atom. The molecule has 3 rings (SSSR count). The second-order valence-corrected chi connectivity index (χ2v) is 5.95. The largest absolute Gasteiger partial charge is 0.310 e. The summed E-state index contributed by atoms with van der Waals surface area (Å²) in [5, 5.41) is 3.75. The summed E-state index contributed by atoms with van der Waals surface area (Å²) < 4.78 is 0. The summed E-state index contributed by atoms with van der Waals surface area (Å²) >= 11 is 0. The number of hydrogen-bond donors (Lipinski definition) is 1. The zero-order valence-corrected chi connectivity index (χ0v) is 12.4. The molecule has 1 aliphatic rings. The quantitative estimate of drug-likeness (QED) is 0.886. The maximum absolute atomic E-state index is 3.75. The molecule has 20 heavy (non-hydrogen) atoms. The van der Waals surface area contributed by atoms with Crippen molar-refractivity contribution in [3.63, 3.8) is 0 Å². The van der Waals surface area contributed by atoms with E-state index in [0.717, 1.165) is 6.54 Å². The molecule has 0 radical (unpaired) electrons. The van der Waals surface area contributed by atoms with Gasteiger partial charge in [0, 0.05) is 12.6 Å². The Morgan fingerprint density at radius 3 is 2.65 bits per heavy atom. The van der Waals surface area contributed by atoms with E-state index < -0.39 is 0 Å². The molecule has 0 amide bonds. The summed E-state index contributed by atoms with van der Waals surface area (Å²) in [6.07, 6.45) is 3.63. The standard InChI is InChI=1S/C19H23N/c1-14-6-5-9-18(15(14)2)13-20-19-11-10-16-7-3-4-8-17(16)12-19/h3-9,19-20H,10-13H2,1-2H3.